The zero-order valence-electron chi connectivity index (χ0n) is 10.9. The summed E-state index contributed by atoms with van der Waals surface area (Å²) in [5.41, 5.74) is -0.272. The van der Waals surface area contributed by atoms with E-state index in [0.717, 1.165) is 11.8 Å². The molecule has 0 aliphatic heterocycles. The third-order valence-electron chi connectivity index (χ3n) is 2.70. The molecular formula is C14H13FN2O4. The molecular weight excluding hydrogens is 279 g/mol. The quantitative estimate of drug-likeness (QED) is 0.789. The Morgan fingerprint density at radius 3 is 2.71 bits per heavy atom. The SMILES string of the molecule is O=C(NCCc1ccco1)Nc1ccc(C(=O)O)cc1F. The van der Waals surface area contributed by atoms with Gasteiger partial charge in [0.2, 0.25) is 0 Å². The average molecular weight is 292 g/mol. The highest BCUT2D eigenvalue weighted by Crippen LogP contribution is 2.15. The number of carbonyl (C=O) groups excluding carboxylic acids is 1. The first-order valence-electron chi connectivity index (χ1n) is 6.16. The van der Waals surface area contributed by atoms with E-state index in [0.29, 0.717) is 13.0 Å². The van der Waals surface area contributed by atoms with E-state index in [4.69, 9.17) is 9.52 Å². The van der Waals surface area contributed by atoms with E-state index in [1.807, 2.05) is 0 Å². The highest BCUT2D eigenvalue weighted by atomic mass is 19.1. The van der Waals surface area contributed by atoms with Crippen LogP contribution in [0.4, 0.5) is 14.9 Å². The maximum atomic E-state index is 13.6. The van der Waals surface area contributed by atoms with Crippen molar-refractivity contribution in [1.29, 1.82) is 0 Å². The van der Waals surface area contributed by atoms with Crippen molar-refractivity contribution in [1.82, 2.24) is 5.32 Å². The maximum Gasteiger partial charge on any atom is 0.335 e. The number of aromatic carboxylic acids is 1. The van der Waals surface area contributed by atoms with Gasteiger partial charge in [0.1, 0.15) is 11.6 Å². The van der Waals surface area contributed by atoms with Gasteiger partial charge < -0.3 is 20.2 Å². The molecule has 2 rings (SSSR count). The fraction of sp³-hybridized carbons (Fsp3) is 0.143. The number of amides is 2. The molecule has 6 nitrogen and oxygen atoms in total. The number of benzene rings is 1. The van der Waals surface area contributed by atoms with Crippen molar-refractivity contribution in [3.05, 3.63) is 53.7 Å². The lowest BCUT2D eigenvalue weighted by Crippen LogP contribution is -2.30. The molecule has 110 valence electrons. The van der Waals surface area contributed by atoms with E-state index in [1.165, 1.54) is 18.4 Å². The van der Waals surface area contributed by atoms with Crippen LogP contribution in [-0.4, -0.2) is 23.7 Å². The lowest BCUT2D eigenvalue weighted by atomic mass is 10.2. The zero-order valence-corrected chi connectivity index (χ0v) is 10.9. The number of furan rings is 1. The number of urea groups is 1. The van der Waals surface area contributed by atoms with Gasteiger partial charge in [-0.1, -0.05) is 0 Å². The molecule has 0 radical (unpaired) electrons. The van der Waals surface area contributed by atoms with Crippen molar-refractivity contribution in [2.75, 3.05) is 11.9 Å². The summed E-state index contributed by atoms with van der Waals surface area (Å²) in [5, 5.41) is 13.6. The van der Waals surface area contributed by atoms with Crippen LogP contribution in [-0.2, 0) is 6.42 Å². The summed E-state index contributed by atoms with van der Waals surface area (Å²) in [6.07, 6.45) is 2.05. The molecule has 0 unspecified atom stereocenters. The standard InChI is InChI=1S/C14H13FN2O4/c15-11-8-9(13(18)19)3-4-12(11)17-14(20)16-6-5-10-2-1-7-21-10/h1-4,7-8H,5-6H2,(H,18,19)(H2,16,17,20). The minimum absolute atomic E-state index is 0.0875. The average Bonchev–Trinajstić information content (AvgIpc) is 2.94. The normalized spacial score (nSPS) is 10.1. The van der Waals surface area contributed by atoms with E-state index >= 15 is 0 Å². The Kier molecular flexibility index (Phi) is 4.55. The fourth-order valence-corrected chi connectivity index (χ4v) is 1.67. The molecule has 3 N–H and O–H groups in total. The van der Waals surface area contributed by atoms with E-state index in [1.54, 1.807) is 12.1 Å². The van der Waals surface area contributed by atoms with Gasteiger partial charge in [-0.2, -0.15) is 0 Å². The summed E-state index contributed by atoms with van der Waals surface area (Å²) >= 11 is 0. The summed E-state index contributed by atoms with van der Waals surface area (Å²) in [6, 6.07) is 6.21. The fourth-order valence-electron chi connectivity index (χ4n) is 1.67. The van der Waals surface area contributed by atoms with Crippen molar-refractivity contribution in [3.8, 4) is 0 Å². The Labute approximate surface area is 119 Å². The maximum absolute atomic E-state index is 13.6. The van der Waals surface area contributed by atoms with Crippen LogP contribution in [0.5, 0.6) is 0 Å². The first-order chi connectivity index (χ1) is 10.1. The highest BCUT2D eigenvalue weighted by molar-refractivity contribution is 5.91. The lowest BCUT2D eigenvalue weighted by Gasteiger charge is -2.08. The third kappa shape index (κ3) is 4.07. The first-order valence-corrected chi connectivity index (χ1v) is 6.16. The number of carboxylic acid groups (broad SMARTS) is 1. The monoisotopic (exact) mass is 292 g/mol. The molecule has 2 amide bonds. The molecule has 1 heterocycles. The number of hydrogen-bond acceptors (Lipinski definition) is 3. The van der Waals surface area contributed by atoms with Gasteiger partial charge in [-0.15, -0.1) is 0 Å². The summed E-state index contributed by atoms with van der Waals surface area (Å²) in [6.45, 7) is 0.328. The second kappa shape index (κ2) is 6.56. The van der Waals surface area contributed by atoms with Gasteiger partial charge >= 0.3 is 12.0 Å². The van der Waals surface area contributed by atoms with Gasteiger partial charge in [0, 0.05) is 13.0 Å². The molecule has 0 aliphatic carbocycles. The molecule has 21 heavy (non-hydrogen) atoms. The Morgan fingerprint density at radius 2 is 2.10 bits per heavy atom. The number of halogens is 1. The van der Waals surface area contributed by atoms with E-state index in [-0.39, 0.29) is 11.3 Å². The van der Waals surface area contributed by atoms with Gasteiger partial charge in [0.15, 0.2) is 0 Å². The minimum Gasteiger partial charge on any atom is -0.478 e. The van der Waals surface area contributed by atoms with Crippen molar-refractivity contribution in [2.45, 2.75) is 6.42 Å². The summed E-state index contributed by atoms with van der Waals surface area (Å²) in [7, 11) is 0. The minimum atomic E-state index is -1.23. The number of carbonyl (C=O) groups is 2. The van der Waals surface area contributed by atoms with E-state index < -0.39 is 17.8 Å². The van der Waals surface area contributed by atoms with Crippen LogP contribution in [0.3, 0.4) is 0 Å². The molecule has 0 aliphatic rings. The Morgan fingerprint density at radius 1 is 1.29 bits per heavy atom. The molecule has 2 aromatic rings. The second-order valence-electron chi connectivity index (χ2n) is 4.21. The molecule has 1 aromatic heterocycles. The number of anilines is 1. The van der Waals surface area contributed by atoms with Crippen molar-refractivity contribution in [3.63, 3.8) is 0 Å². The molecule has 0 atom stereocenters. The van der Waals surface area contributed by atoms with E-state index in [2.05, 4.69) is 10.6 Å². The van der Waals surface area contributed by atoms with Gasteiger partial charge in [-0.3, -0.25) is 0 Å². The molecule has 0 spiro atoms. The molecule has 0 bridgehead atoms. The molecule has 1 aromatic carbocycles. The van der Waals surface area contributed by atoms with Crippen LogP contribution in [0.1, 0.15) is 16.1 Å². The zero-order chi connectivity index (χ0) is 15.2. The topological polar surface area (TPSA) is 91.6 Å². The van der Waals surface area contributed by atoms with Crippen molar-refractivity contribution >= 4 is 17.7 Å². The van der Waals surface area contributed by atoms with Crippen molar-refractivity contribution in [2.24, 2.45) is 0 Å². The number of hydrogen-bond donors (Lipinski definition) is 3. The molecule has 7 heteroatoms. The molecule has 0 saturated heterocycles. The molecule has 0 fully saturated rings. The van der Waals surface area contributed by atoms with Crippen LogP contribution in [0.15, 0.2) is 41.0 Å². The Hall–Kier alpha value is -2.83. The summed E-state index contributed by atoms with van der Waals surface area (Å²) in [4.78, 5) is 22.2. The van der Waals surface area contributed by atoms with Gasteiger partial charge in [0.25, 0.3) is 0 Å². The third-order valence-corrected chi connectivity index (χ3v) is 2.70. The number of carboxylic acids is 1. The van der Waals surface area contributed by atoms with Gasteiger partial charge in [-0.25, -0.2) is 14.0 Å². The summed E-state index contributed by atoms with van der Waals surface area (Å²) in [5.74, 6) is -1.31. The van der Waals surface area contributed by atoms with Crippen LogP contribution in [0.25, 0.3) is 0 Å². The second-order valence-corrected chi connectivity index (χ2v) is 4.21. The van der Waals surface area contributed by atoms with Crippen LogP contribution in [0.2, 0.25) is 0 Å². The summed E-state index contributed by atoms with van der Waals surface area (Å²) < 4.78 is 18.7. The Balaban J connectivity index is 1.86. The predicted octanol–water partition coefficient (Wildman–Crippen LogP) is 2.48. The van der Waals surface area contributed by atoms with Crippen LogP contribution in [0, 0.1) is 5.82 Å². The predicted molar refractivity (Wildman–Crippen MR) is 72.8 cm³/mol. The van der Waals surface area contributed by atoms with Crippen molar-refractivity contribution < 1.29 is 23.5 Å². The van der Waals surface area contributed by atoms with Crippen LogP contribution < -0.4 is 10.6 Å². The largest absolute Gasteiger partial charge is 0.478 e. The molecule has 0 saturated carbocycles. The van der Waals surface area contributed by atoms with Gasteiger partial charge in [-0.05, 0) is 30.3 Å². The van der Waals surface area contributed by atoms with E-state index in [9.17, 15) is 14.0 Å². The highest BCUT2D eigenvalue weighted by Gasteiger charge is 2.10. The number of rotatable bonds is 5. The van der Waals surface area contributed by atoms with Gasteiger partial charge in [0.05, 0.1) is 17.5 Å². The van der Waals surface area contributed by atoms with Crippen LogP contribution >= 0.6 is 0 Å². The smallest absolute Gasteiger partial charge is 0.335 e. The Bertz CT molecular complexity index is 640. The number of nitrogens with one attached hydrogen (secondary N) is 2. The first kappa shape index (κ1) is 14.6. The lowest BCUT2D eigenvalue weighted by molar-refractivity contribution is 0.0696.